The molecule has 0 aromatic heterocycles. The first-order chi connectivity index (χ1) is 11.2. The van der Waals surface area contributed by atoms with Crippen molar-refractivity contribution in [3.05, 3.63) is 0 Å². The summed E-state index contributed by atoms with van der Waals surface area (Å²) in [5, 5.41) is 18.6. The molecule has 0 rings (SSSR count). The topological polar surface area (TPSA) is 68.1 Å². The minimum absolute atomic E-state index is 0.0140. The van der Waals surface area contributed by atoms with Crippen molar-refractivity contribution in [2.45, 2.75) is 122 Å². The van der Waals surface area contributed by atoms with Crippen LogP contribution in [0.3, 0.4) is 0 Å². The molecule has 0 aliphatic rings. The first-order valence-corrected chi connectivity index (χ1v) is 10.3. The molecule has 0 fully saturated rings. The quantitative estimate of drug-likeness (QED) is 0.329. The molecule has 0 aliphatic carbocycles. The Bertz CT molecular complexity index is 224. The summed E-state index contributed by atoms with van der Waals surface area (Å²) in [6.07, 6.45) is 20.8. The van der Waals surface area contributed by atoms with Crippen LogP contribution in [0.4, 0.5) is 0 Å². The maximum atomic E-state index is 9.70. The number of aliphatic hydroxyl groups is 2. The van der Waals surface area contributed by atoms with E-state index in [1.54, 1.807) is 0 Å². The van der Waals surface area contributed by atoms with Crippen molar-refractivity contribution >= 4 is 0 Å². The number of quaternary nitrogens is 1. The van der Waals surface area contributed by atoms with E-state index in [0.717, 1.165) is 12.8 Å². The highest BCUT2D eigenvalue weighted by molar-refractivity contribution is 4.64. The van der Waals surface area contributed by atoms with E-state index in [9.17, 15) is 5.11 Å². The van der Waals surface area contributed by atoms with E-state index in [1.807, 2.05) is 0 Å². The fourth-order valence-electron chi connectivity index (χ4n) is 3.08. The van der Waals surface area contributed by atoms with E-state index in [-0.39, 0.29) is 12.6 Å². The van der Waals surface area contributed by atoms with E-state index in [1.165, 1.54) is 89.9 Å². The Hall–Kier alpha value is -0.120. The van der Waals surface area contributed by atoms with E-state index >= 15 is 0 Å². The summed E-state index contributed by atoms with van der Waals surface area (Å²) in [5.74, 6) is 0. The van der Waals surface area contributed by atoms with Crippen molar-refractivity contribution in [1.29, 1.82) is 0 Å². The predicted octanol–water partition coefficient (Wildman–Crippen LogP) is 4.21. The van der Waals surface area contributed by atoms with Crippen LogP contribution in [0.2, 0.25) is 0 Å². The van der Waals surface area contributed by atoms with Crippen LogP contribution in [-0.4, -0.2) is 29.0 Å². The van der Waals surface area contributed by atoms with Crippen LogP contribution >= 0.6 is 0 Å². The van der Waals surface area contributed by atoms with Gasteiger partial charge in [0, 0.05) is 0 Å². The van der Waals surface area contributed by atoms with Gasteiger partial charge in [-0.1, -0.05) is 103 Å². The second-order valence-corrected chi connectivity index (χ2v) is 7.25. The first-order valence-electron chi connectivity index (χ1n) is 10.3. The zero-order valence-corrected chi connectivity index (χ0v) is 15.8. The van der Waals surface area contributed by atoms with Crippen molar-refractivity contribution in [2.24, 2.45) is 0 Å². The Balaban J connectivity index is 3.08. The molecule has 0 saturated heterocycles. The lowest BCUT2D eigenvalue weighted by molar-refractivity contribution is -0.443. The Morgan fingerprint density at radius 1 is 0.652 bits per heavy atom. The molecule has 3 heteroatoms. The van der Waals surface area contributed by atoms with Crippen LogP contribution < -0.4 is 5.73 Å². The molecular formula is C20H44NO2+. The van der Waals surface area contributed by atoms with Gasteiger partial charge in [-0.25, -0.2) is 0 Å². The molecule has 0 bridgehead atoms. The highest BCUT2D eigenvalue weighted by atomic mass is 16.3. The van der Waals surface area contributed by atoms with Gasteiger partial charge in [0.05, 0.1) is 6.61 Å². The fraction of sp³-hybridized carbons (Fsp3) is 1.00. The van der Waals surface area contributed by atoms with Gasteiger partial charge in [0.1, 0.15) is 12.1 Å². The van der Waals surface area contributed by atoms with Crippen molar-refractivity contribution in [3.8, 4) is 0 Å². The summed E-state index contributed by atoms with van der Waals surface area (Å²) in [5.41, 5.74) is 3.74. The normalized spacial score (nSPS) is 14.1. The maximum absolute atomic E-state index is 9.70. The van der Waals surface area contributed by atoms with Crippen molar-refractivity contribution in [2.75, 3.05) is 6.61 Å². The largest absolute Gasteiger partial charge is 0.390 e. The number of hydrogen-bond acceptors (Lipinski definition) is 2. The molecule has 0 aromatic carbocycles. The summed E-state index contributed by atoms with van der Waals surface area (Å²) < 4.78 is 0. The Kier molecular flexibility index (Phi) is 18.1. The highest BCUT2D eigenvalue weighted by Crippen LogP contribution is 2.14. The van der Waals surface area contributed by atoms with Crippen LogP contribution in [-0.2, 0) is 0 Å². The molecule has 0 radical (unpaired) electrons. The van der Waals surface area contributed by atoms with Gasteiger partial charge in [-0.2, -0.15) is 0 Å². The Morgan fingerprint density at radius 3 is 1.35 bits per heavy atom. The average Bonchev–Trinajstić information content (AvgIpc) is 2.57. The van der Waals surface area contributed by atoms with E-state index in [4.69, 9.17) is 5.11 Å². The zero-order valence-electron chi connectivity index (χ0n) is 15.8. The molecule has 0 aliphatic heterocycles. The number of aliphatic hydroxyl groups excluding tert-OH is 2. The van der Waals surface area contributed by atoms with Crippen molar-refractivity contribution in [1.82, 2.24) is 0 Å². The third-order valence-electron chi connectivity index (χ3n) is 4.88. The van der Waals surface area contributed by atoms with Gasteiger partial charge in [0.15, 0.2) is 0 Å². The summed E-state index contributed by atoms with van der Waals surface area (Å²) >= 11 is 0. The van der Waals surface area contributed by atoms with Gasteiger partial charge in [0.25, 0.3) is 0 Å². The molecule has 0 amide bonds. The van der Waals surface area contributed by atoms with Crippen LogP contribution in [0.1, 0.15) is 110 Å². The molecule has 5 N–H and O–H groups in total. The van der Waals surface area contributed by atoms with Gasteiger partial charge in [-0.05, 0) is 6.42 Å². The van der Waals surface area contributed by atoms with Gasteiger partial charge in [-0.15, -0.1) is 0 Å². The molecular weight excluding hydrogens is 286 g/mol. The molecule has 2 atom stereocenters. The van der Waals surface area contributed by atoms with E-state index < -0.39 is 6.10 Å². The van der Waals surface area contributed by atoms with Crippen LogP contribution in [0.15, 0.2) is 0 Å². The van der Waals surface area contributed by atoms with E-state index in [2.05, 4.69) is 12.7 Å². The van der Waals surface area contributed by atoms with Crippen LogP contribution in [0, 0.1) is 0 Å². The van der Waals surface area contributed by atoms with Gasteiger partial charge < -0.3 is 15.9 Å². The first kappa shape index (κ1) is 22.9. The lowest BCUT2D eigenvalue weighted by Crippen LogP contribution is -2.68. The van der Waals surface area contributed by atoms with Crippen LogP contribution in [0.25, 0.3) is 0 Å². The molecule has 0 aromatic rings. The minimum atomic E-state index is -0.429. The number of unbranched alkanes of at least 4 members (excludes halogenated alkanes) is 14. The Labute approximate surface area is 145 Å². The summed E-state index contributed by atoms with van der Waals surface area (Å²) in [6, 6.07) is -0.221. The third kappa shape index (κ3) is 16.5. The highest BCUT2D eigenvalue weighted by Gasteiger charge is 2.15. The van der Waals surface area contributed by atoms with Gasteiger partial charge in [0.2, 0.25) is 0 Å². The lowest BCUT2D eigenvalue weighted by atomic mass is 10.0. The van der Waals surface area contributed by atoms with Gasteiger partial charge >= 0.3 is 0 Å². The van der Waals surface area contributed by atoms with E-state index in [0.29, 0.717) is 0 Å². The average molecular weight is 331 g/mol. The molecule has 23 heavy (non-hydrogen) atoms. The Morgan fingerprint density at radius 2 is 1.00 bits per heavy atom. The van der Waals surface area contributed by atoms with Crippen LogP contribution in [0.5, 0.6) is 0 Å². The predicted molar refractivity (Wildman–Crippen MR) is 99.3 cm³/mol. The van der Waals surface area contributed by atoms with Crippen molar-refractivity contribution < 1.29 is 15.9 Å². The summed E-state index contributed by atoms with van der Waals surface area (Å²) in [7, 11) is 0. The molecule has 0 heterocycles. The monoisotopic (exact) mass is 330 g/mol. The lowest BCUT2D eigenvalue weighted by Gasteiger charge is -2.13. The fourth-order valence-corrected chi connectivity index (χ4v) is 3.08. The molecule has 3 nitrogen and oxygen atoms in total. The molecule has 0 saturated carbocycles. The zero-order chi connectivity index (χ0) is 17.2. The smallest absolute Gasteiger partial charge is 0.134 e. The summed E-state index contributed by atoms with van der Waals surface area (Å²) in [6.45, 7) is 2.26. The second kappa shape index (κ2) is 18.2. The second-order valence-electron chi connectivity index (χ2n) is 7.25. The molecule has 0 spiro atoms. The maximum Gasteiger partial charge on any atom is 0.134 e. The molecule has 0 unspecified atom stereocenters. The number of hydrogen-bond donors (Lipinski definition) is 3. The number of rotatable bonds is 18. The SMILES string of the molecule is CCCCCCCCCCCCCCCCC[C@@H](O)[C@@H]([NH3+])CO. The van der Waals surface area contributed by atoms with Crippen molar-refractivity contribution in [3.63, 3.8) is 0 Å². The standard InChI is InChI=1S/C20H43NO2/c1-2-3-4-5-6-7-8-9-10-11-12-13-14-15-16-17-20(23)19(21)18-22/h19-20,22-23H,2-18,21H2,1H3/p+1/t19-,20+/m0/s1. The summed E-state index contributed by atoms with van der Waals surface area (Å²) in [4.78, 5) is 0. The minimum Gasteiger partial charge on any atom is -0.390 e. The third-order valence-corrected chi connectivity index (χ3v) is 4.88. The molecule has 140 valence electrons. The van der Waals surface area contributed by atoms with Gasteiger partial charge in [-0.3, -0.25) is 0 Å².